The Morgan fingerprint density at radius 1 is 1.34 bits per heavy atom. The van der Waals surface area contributed by atoms with Crippen LogP contribution in [0.1, 0.15) is 39.5 Å². The topological polar surface area (TPSA) is 98.2 Å². The number of β-amino-alcohol motifs (C(OH)–C–C–N with tert-alkyl or cyclic N) is 1. The number of nitrogens with zero attached hydrogens (tertiary/aromatic N) is 3. The van der Waals surface area contributed by atoms with Gasteiger partial charge in [-0.3, -0.25) is 0 Å². The monoisotopic (exact) mass is 404 g/mol. The number of urea groups is 1. The summed E-state index contributed by atoms with van der Waals surface area (Å²) >= 11 is 0. The van der Waals surface area contributed by atoms with E-state index in [4.69, 9.17) is 4.74 Å². The van der Waals surface area contributed by atoms with Crippen molar-refractivity contribution in [1.82, 2.24) is 15.2 Å². The van der Waals surface area contributed by atoms with Crippen molar-refractivity contribution in [2.24, 2.45) is 11.8 Å². The molecule has 3 fully saturated rings. The van der Waals surface area contributed by atoms with Crippen LogP contribution in [0.4, 0.5) is 10.5 Å². The number of aliphatic hydroxyl groups excluding tert-OH is 1. The molecule has 1 aliphatic carbocycles. The van der Waals surface area contributed by atoms with E-state index >= 15 is 0 Å². The maximum absolute atomic E-state index is 11.9. The lowest BCUT2D eigenvalue weighted by Crippen LogP contribution is -2.56. The molecular weight excluding hydrogens is 372 g/mol. The van der Waals surface area contributed by atoms with Gasteiger partial charge in [-0.1, -0.05) is 0 Å². The Morgan fingerprint density at radius 3 is 2.83 bits per heavy atom. The molecule has 4 unspecified atom stereocenters. The van der Waals surface area contributed by atoms with Crippen molar-refractivity contribution in [2.45, 2.75) is 57.5 Å². The van der Waals surface area contributed by atoms with Crippen LogP contribution in [0.3, 0.4) is 0 Å². The number of aliphatic hydroxyl groups is 2. The number of anilines is 1. The number of amides is 2. The summed E-state index contributed by atoms with van der Waals surface area (Å²) in [4.78, 5) is 19.9. The van der Waals surface area contributed by atoms with Gasteiger partial charge in [0.05, 0.1) is 30.1 Å². The molecule has 2 saturated heterocycles. The third kappa shape index (κ3) is 4.28. The van der Waals surface area contributed by atoms with E-state index in [1.165, 1.54) is 0 Å². The third-order valence-electron chi connectivity index (χ3n) is 6.48. The first-order chi connectivity index (χ1) is 13.8. The Morgan fingerprint density at radius 2 is 2.17 bits per heavy atom. The number of piperidine rings is 1. The summed E-state index contributed by atoms with van der Waals surface area (Å²) in [5.74, 6) is 0.939. The van der Waals surface area contributed by atoms with Crippen molar-refractivity contribution >= 4 is 11.7 Å². The largest absolute Gasteiger partial charge is 0.475 e. The standard InChI is InChI=1S/C21H32N4O4/c1-14(2)29-18-4-3-16(12-23-18)25-9-6-15-5-7-21(28,11-17(15)19(25)26)13-24-10-8-22-20(24)27/h3-4,12,14-15,17,19,26,28H,5-11,13H2,1-2H3,(H,22,27). The lowest BCUT2D eigenvalue weighted by atomic mass is 9.67. The molecule has 0 aromatic carbocycles. The molecule has 0 spiro atoms. The molecule has 4 atom stereocenters. The van der Waals surface area contributed by atoms with E-state index in [1.807, 2.05) is 30.9 Å². The minimum Gasteiger partial charge on any atom is -0.475 e. The van der Waals surface area contributed by atoms with Gasteiger partial charge < -0.3 is 30.1 Å². The summed E-state index contributed by atoms with van der Waals surface area (Å²) in [5, 5.41) is 25.1. The van der Waals surface area contributed by atoms with Crippen LogP contribution in [0.2, 0.25) is 0 Å². The molecule has 1 saturated carbocycles. The van der Waals surface area contributed by atoms with Gasteiger partial charge in [0.25, 0.3) is 0 Å². The second-order valence-electron chi connectivity index (χ2n) is 8.96. The van der Waals surface area contributed by atoms with Gasteiger partial charge in [0, 0.05) is 31.6 Å². The summed E-state index contributed by atoms with van der Waals surface area (Å²) in [7, 11) is 0. The predicted octanol–water partition coefficient (Wildman–Crippen LogP) is 1.57. The number of nitrogens with one attached hydrogen (secondary N) is 1. The van der Waals surface area contributed by atoms with Gasteiger partial charge in [-0.05, 0) is 51.5 Å². The van der Waals surface area contributed by atoms with Crippen LogP contribution in [0, 0.1) is 11.8 Å². The summed E-state index contributed by atoms with van der Waals surface area (Å²) in [6.07, 6.45) is 4.16. The zero-order chi connectivity index (χ0) is 20.6. The molecule has 1 aromatic heterocycles. The molecule has 2 amide bonds. The molecule has 8 nitrogen and oxygen atoms in total. The molecule has 3 N–H and O–H groups in total. The molecule has 0 radical (unpaired) electrons. The number of fused-ring (bicyclic) bond motifs is 1. The minimum atomic E-state index is -0.944. The Kier molecular flexibility index (Phi) is 5.57. The van der Waals surface area contributed by atoms with Gasteiger partial charge >= 0.3 is 6.03 Å². The Hall–Kier alpha value is -2.06. The predicted molar refractivity (Wildman–Crippen MR) is 109 cm³/mol. The van der Waals surface area contributed by atoms with Gasteiger partial charge in [-0.25, -0.2) is 9.78 Å². The number of pyridine rings is 1. The van der Waals surface area contributed by atoms with Crippen molar-refractivity contribution < 1.29 is 19.7 Å². The lowest BCUT2D eigenvalue weighted by Gasteiger charge is -2.50. The van der Waals surface area contributed by atoms with Gasteiger partial charge in [0.15, 0.2) is 0 Å². The average Bonchev–Trinajstić information content (AvgIpc) is 3.07. The number of ether oxygens (including phenoxy) is 1. The fourth-order valence-electron chi connectivity index (χ4n) is 5.05. The first-order valence-electron chi connectivity index (χ1n) is 10.7. The van der Waals surface area contributed by atoms with Gasteiger partial charge in [0.2, 0.25) is 5.88 Å². The first-order valence-corrected chi connectivity index (χ1v) is 10.7. The van der Waals surface area contributed by atoms with Crippen LogP contribution >= 0.6 is 0 Å². The van der Waals surface area contributed by atoms with Crippen molar-refractivity contribution in [3.05, 3.63) is 18.3 Å². The number of carbonyl (C=O) groups excluding carboxylic acids is 1. The molecule has 3 heterocycles. The summed E-state index contributed by atoms with van der Waals surface area (Å²) < 4.78 is 5.61. The lowest BCUT2D eigenvalue weighted by molar-refractivity contribution is -0.0877. The van der Waals surface area contributed by atoms with E-state index in [2.05, 4.69) is 10.3 Å². The molecule has 2 aliphatic heterocycles. The highest BCUT2D eigenvalue weighted by Gasteiger charge is 2.47. The normalized spacial score (nSPS) is 32.3. The molecule has 1 aromatic rings. The van der Waals surface area contributed by atoms with Crippen LogP contribution in [-0.2, 0) is 0 Å². The third-order valence-corrected chi connectivity index (χ3v) is 6.48. The van der Waals surface area contributed by atoms with Gasteiger partial charge in [-0.15, -0.1) is 0 Å². The van der Waals surface area contributed by atoms with E-state index in [1.54, 1.807) is 11.1 Å². The number of aromatic nitrogens is 1. The molecule has 8 heteroatoms. The minimum absolute atomic E-state index is 0.0280. The average molecular weight is 405 g/mol. The number of carbonyl (C=O) groups is 1. The SMILES string of the molecule is CC(C)Oc1ccc(N2CCC3CCC(O)(CN4CCNC4=O)CC3C2O)cn1. The van der Waals surface area contributed by atoms with E-state index in [-0.39, 0.29) is 18.1 Å². The highest BCUT2D eigenvalue weighted by molar-refractivity contribution is 5.76. The van der Waals surface area contributed by atoms with Crippen LogP contribution in [0.15, 0.2) is 18.3 Å². The zero-order valence-electron chi connectivity index (χ0n) is 17.3. The maximum atomic E-state index is 11.9. The van der Waals surface area contributed by atoms with Crippen LogP contribution < -0.4 is 15.0 Å². The molecule has 4 rings (SSSR count). The molecule has 160 valence electrons. The number of rotatable bonds is 5. The quantitative estimate of drug-likeness (QED) is 0.689. The smallest absolute Gasteiger partial charge is 0.317 e. The van der Waals surface area contributed by atoms with Gasteiger partial charge in [-0.2, -0.15) is 0 Å². The molecular formula is C21H32N4O4. The van der Waals surface area contributed by atoms with Crippen molar-refractivity contribution in [3.63, 3.8) is 0 Å². The fraction of sp³-hybridized carbons (Fsp3) is 0.714. The number of hydrogen-bond donors (Lipinski definition) is 3. The van der Waals surface area contributed by atoms with Crippen molar-refractivity contribution in [2.75, 3.05) is 31.1 Å². The van der Waals surface area contributed by atoms with Crippen LogP contribution in [0.25, 0.3) is 0 Å². The van der Waals surface area contributed by atoms with Crippen LogP contribution in [0.5, 0.6) is 5.88 Å². The number of hydrogen-bond acceptors (Lipinski definition) is 6. The second-order valence-corrected chi connectivity index (χ2v) is 8.96. The molecule has 29 heavy (non-hydrogen) atoms. The van der Waals surface area contributed by atoms with E-state index in [0.29, 0.717) is 44.3 Å². The van der Waals surface area contributed by atoms with E-state index in [0.717, 1.165) is 25.1 Å². The first kappa shape index (κ1) is 20.2. The highest BCUT2D eigenvalue weighted by atomic mass is 16.5. The maximum Gasteiger partial charge on any atom is 0.317 e. The summed E-state index contributed by atoms with van der Waals surface area (Å²) in [6.45, 7) is 6.26. The van der Waals surface area contributed by atoms with Crippen molar-refractivity contribution in [3.8, 4) is 5.88 Å². The van der Waals surface area contributed by atoms with Crippen molar-refractivity contribution in [1.29, 1.82) is 0 Å². The molecule has 3 aliphatic rings. The van der Waals surface area contributed by atoms with E-state index < -0.39 is 11.8 Å². The van der Waals surface area contributed by atoms with E-state index in [9.17, 15) is 15.0 Å². The van der Waals surface area contributed by atoms with Gasteiger partial charge in [0.1, 0.15) is 6.23 Å². The Labute approximate surface area is 171 Å². The Balaban J connectivity index is 1.44. The Bertz CT molecular complexity index is 728. The summed E-state index contributed by atoms with van der Waals surface area (Å²) in [5.41, 5.74) is -0.0832. The van der Waals surface area contributed by atoms with Crippen LogP contribution in [-0.4, -0.2) is 70.2 Å². The molecule has 0 bridgehead atoms. The highest BCUT2D eigenvalue weighted by Crippen LogP contribution is 2.44. The zero-order valence-corrected chi connectivity index (χ0v) is 17.3. The summed E-state index contributed by atoms with van der Waals surface area (Å²) in [6, 6.07) is 3.65. The fourth-order valence-corrected chi connectivity index (χ4v) is 5.05. The second kappa shape index (κ2) is 7.99.